The zero-order valence-electron chi connectivity index (χ0n) is 50.4. The minimum atomic E-state index is -1.68. The van der Waals surface area contributed by atoms with Crippen LogP contribution in [0.15, 0.2) is 0 Å². The average Bonchev–Trinajstić information content (AvgIpc) is 2.63. The highest BCUT2D eigenvalue weighted by Gasteiger charge is 2.45. The lowest BCUT2D eigenvalue weighted by atomic mass is 9.80. The van der Waals surface area contributed by atoms with E-state index in [1.807, 2.05) is 0 Å². The van der Waals surface area contributed by atoms with Gasteiger partial charge >= 0.3 is 53.7 Å². The van der Waals surface area contributed by atoms with Gasteiger partial charge in [0, 0.05) is 58.2 Å². The molecule has 4 atom stereocenters. The van der Waals surface area contributed by atoms with Crippen molar-refractivity contribution >= 4 is 89.0 Å². The molecule has 1 aliphatic heterocycles. The van der Waals surface area contributed by atoms with Crippen molar-refractivity contribution in [2.75, 3.05) is 98.5 Å². The number of unbranched alkanes of at least 4 members (excludes halogenated alkanes) is 4. The van der Waals surface area contributed by atoms with Crippen LogP contribution in [0.3, 0.4) is 0 Å². The normalized spacial score (nSPS) is 15.0. The van der Waals surface area contributed by atoms with Crippen molar-refractivity contribution in [2.24, 2.45) is 11.3 Å². The summed E-state index contributed by atoms with van der Waals surface area (Å²) in [4.78, 5) is 186. The molecule has 0 bridgehead atoms. The molecule has 5 amide bonds. The SMILES string of the molecule is CC(C)(C)C1CC(=O)N(CCC(=O)NC(COCCC(=O)CCCCCC(C(=O)O)N(CC(=O)O)CC(=O)O)(COCCC(=O)NCCCCC(C(=O)O)N(CC(=O)O)CC(=O)O)COCCC(=O)NCCCCC(C(=O)O)N(CC(=O)O)CC(=O)O)C1=O. The van der Waals surface area contributed by atoms with Gasteiger partial charge in [0.1, 0.15) is 29.4 Å². The third kappa shape index (κ3) is 34.0. The van der Waals surface area contributed by atoms with Crippen LogP contribution in [-0.4, -0.2) is 277 Å². The topological polar surface area (TPSA) is 515 Å². The Kier molecular flexibility index (Phi) is 36.9. The van der Waals surface area contributed by atoms with E-state index in [0.29, 0.717) is 6.42 Å². The summed E-state index contributed by atoms with van der Waals surface area (Å²) in [6.45, 7) is -2.12. The Bertz CT molecular complexity index is 2180. The lowest BCUT2D eigenvalue weighted by Gasteiger charge is -2.34. The zero-order valence-corrected chi connectivity index (χ0v) is 50.4. The number of carboxylic acids is 9. The number of carbonyl (C=O) groups excluding carboxylic acids is 6. The molecule has 89 heavy (non-hydrogen) atoms. The van der Waals surface area contributed by atoms with Crippen LogP contribution in [0, 0.1) is 11.3 Å². The van der Waals surface area contributed by atoms with E-state index in [1.54, 1.807) is 20.8 Å². The van der Waals surface area contributed by atoms with Crippen LogP contribution in [0.25, 0.3) is 0 Å². The fraction of sp³-hybridized carbons (Fsp3) is 0.727. The molecule has 34 nitrogen and oxygen atoms in total. The molecule has 1 aliphatic rings. The maximum absolute atomic E-state index is 13.9. The number of ketones is 1. The Balaban J connectivity index is 3.28. The van der Waals surface area contributed by atoms with Gasteiger partial charge in [-0.2, -0.15) is 0 Å². The van der Waals surface area contributed by atoms with Crippen LogP contribution in [0.5, 0.6) is 0 Å². The number of Topliss-reactive ketones (excluding diaryl/α,β-unsaturated/α-hetero) is 1. The predicted octanol–water partition coefficient (Wildman–Crippen LogP) is -1.26. The third-order valence-electron chi connectivity index (χ3n) is 14.0. The summed E-state index contributed by atoms with van der Waals surface area (Å²) < 4.78 is 17.8. The fourth-order valence-electron chi connectivity index (χ4n) is 9.50. The summed E-state index contributed by atoms with van der Waals surface area (Å²) in [6.07, 6.45) is -0.154. The van der Waals surface area contributed by atoms with Crippen molar-refractivity contribution in [1.82, 2.24) is 35.6 Å². The number of nitrogens with zero attached hydrogens (tertiary/aromatic N) is 4. The molecule has 0 aromatic rings. The number of hydrogen-bond donors (Lipinski definition) is 12. The van der Waals surface area contributed by atoms with E-state index >= 15 is 0 Å². The van der Waals surface area contributed by atoms with Crippen LogP contribution < -0.4 is 16.0 Å². The first-order valence-electron chi connectivity index (χ1n) is 28.8. The molecule has 1 heterocycles. The van der Waals surface area contributed by atoms with Gasteiger partial charge in [-0.05, 0) is 56.8 Å². The molecule has 1 fully saturated rings. The minimum absolute atomic E-state index is 0.000606. The van der Waals surface area contributed by atoms with E-state index in [9.17, 15) is 118 Å². The fourth-order valence-corrected chi connectivity index (χ4v) is 9.50. The first-order valence-corrected chi connectivity index (χ1v) is 28.8. The Labute approximate surface area is 512 Å². The first kappa shape index (κ1) is 79.2. The molecule has 0 aliphatic carbocycles. The second-order valence-electron chi connectivity index (χ2n) is 22.5. The van der Waals surface area contributed by atoms with Gasteiger partial charge in [0.05, 0.1) is 84.8 Å². The van der Waals surface area contributed by atoms with Gasteiger partial charge in [0.25, 0.3) is 0 Å². The second kappa shape index (κ2) is 41.4. The van der Waals surface area contributed by atoms with Crippen LogP contribution >= 0.6 is 0 Å². The van der Waals surface area contributed by atoms with Gasteiger partial charge < -0.3 is 76.1 Å². The van der Waals surface area contributed by atoms with Crippen LogP contribution in [0.2, 0.25) is 0 Å². The molecule has 0 spiro atoms. The number of nitrogens with one attached hydrogen (secondary N) is 3. The van der Waals surface area contributed by atoms with Gasteiger partial charge in [-0.15, -0.1) is 0 Å². The molecule has 34 heteroatoms. The quantitative estimate of drug-likeness (QED) is 0.0250. The van der Waals surface area contributed by atoms with Crippen LogP contribution in [0.4, 0.5) is 0 Å². The van der Waals surface area contributed by atoms with E-state index in [4.69, 9.17) is 14.2 Å². The van der Waals surface area contributed by atoms with E-state index in [0.717, 1.165) is 19.6 Å². The molecule has 0 radical (unpaired) electrons. The van der Waals surface area contributed by atoms with Crippen molar-refractivity contribution in [3.8, 4) is 0 Å². The van der Waals surface area contributed by atoms with Gasteiger partial charge in [-0.3, -0.25) is 91.5 Å². The number of rotatable bonds is 53. The van der Waals surface area contributed by atoms with Crippen molar-refractivity contribution in [3.05, 3.63) is 0 Å². The number of hydrogen-bond acceptors (Lipinski definition) is 21. The molecule has 0 saturated carbocycles. The van der Waals surface area contributed by atoms with E-state index in [1.165, 1.54) is 0 Å². The molecular weight excluding hydrogens is 1190 g/mol. The molecule has 504 valence electrons. The van der Waals surface area contributed by atoms with Crippen molar-refractivity contribution < 1.29 is 132 Å². The van der Waals surface area contributed by atoms with E-state index < -0.39 is 184 Å². The molecule has 12 N–H and O–H groups in total. The number of likely N-dealkylation sites (tertiary alicyclic amines) is 1. The smallest absolute Gasteiger partial charge is 0.320 e. The Morgan fingerprint density at radius 3 is 1.15 bits per heavy atom. The average molecular weight is 1280 g/mol. The van der Waals surface area contributed by atoms with Gasteiger partial charge in [0.2, 0.25) is 29.5 Å². The van der Waals surface area contributed by atoms with Crippen LogP contribution in [-0.2, 0) is 86.1 Å². The Morgan fingerprint density at radius 2 is 0.820 bits per heavy atom. The van der Waals surface area contributed by atoms with E-state index in [-0.39, 0.29) is 135 Å². The summed E-state index contributed by atoms with van der Waals surface area (Å²) in [6, 6.07) is -4.31. The molecule has 4 unspecified atom stereocenters. The van der Waals surface area contributed by atoms with Crippen LogP contribution in [0.1, 0.15) is 124 Å². The maximum atomic E-state index is 13.9. The van der Waals surface area contributed by atoms with Crippen molar-refractivity contribution in [3.63, 3.8) is 0 Å². The lowest BCUT2D eigenvalue weighted by Crippen LogP contribution is -2.59. The standard InChI is InChI=1S/C55H87N7O27/c1-54(2,3)36-25-43(67)62(50(36)80)21-15-42(66)58-55(32-87-22-16-35(63)11-5-4-6-12-37(51(81)82)59(26-44(68)69)27-45(70)71,33-88-23-17-40(64)56-19-9-7-13-38(52(83)84)60(28-46(72)73)29-47(74)75)34-89-24-18-41(65)57-20-10-8-14-39(53(85)86)61(30-48(76)77)31-49(78)79/h36-39H,4-34H2,1-3H3,(H,56,64)(H,57,65)(H,58,66)(H,68,69)(H,70,71)(H,72,73)(H,74,75)(H,76,77)(H,78,79)(H,81,82)(H,83,84)(H,85,86). The lowest BCUT2D eigenvalue weighted by molar-refractivity contribution is -0.152. The zero-order chi connectivity index (χ0) is 67.4. The van der Waals surface area contributed by atoms with Crippen molar-refractivity contribution in [2.45, 2.75) is 147 Å². The molecule has 0 aromatic carbocycles. The highest BCUT2D eigenvalue weighted by molar-refractivity contribution is 6.04. The number of carboxylic acid groups (broad SMARTS) is 9. The molecular formula is C55H87N7O27. The Hall–Kier alpha value is -7.79. The Morgan fingerprint density at radius 1 is 0.472 bits per heavy atom. The minimum Gasteiger partial charge on any atom is -0.480 e. The van der Waals surface area contributed by atoms with Gasteiger partial charge in [-0.25, -0.2) is 0 Å². The third-order valence-corrected chi connectivity index (χ3v) is 14.0. The van der Waals surface area contributed by atoms with Gasteiger partial charge in [0.15, 0.2) is 0 Å². The van der Waals surface area contributed by atoms with Crippen molar-refractivity contribution in [1.29, 1.82) is 0 Å². The first-order chi connectivity index (χ1) is 41.7. The highest BCUT2D eigenvalue weighted by atomic mass is 16.5. The molecule has 0 aromatic heterocycles. The maximum Gasteiger partial charge on any atom is 0.320 e. The number of imide groups is 1. The summed E-state index contributed by atoms with van der Waals surface area (Å²) in [7, 11) is 0. The second-order valence-corrected chi connectivity index (χ2v) is 22.5. The molecule has 1 saturated heterocycles. The summed E-state index contributed by atoms with van der Waals surface area (Å²) in [5.41, 5.74) is -2.25. The summed E-state index contributed by atoms with van der Waals surface area (Å²) in [5.74, 6) is -16.6. The number of carbonyl (C=O) groups is 15. The van der Waals surface area contributed by atoms with E-state index in [2.05, 4.69) is 16.0 Å². The highest BCUT2D eigenvalue weighted by Crippen LogP contribution is 2.35. The predicted molar refractivity (Wildman–Crippen MR) is 303 cm³/mol. The largest absolute Gasteiger partial charge is 0.480 e. The number of amides is 5. The van der Waals surface area contributed by atoms with Gasteiger partial charge in [-0.1, -0.05) is 33.6 Å². The molecule has 1 rings (SSSR count). The number of aliphatic carboxylic acids is 9. The number of ether oxygens (including phenoxy) is 3. The summed E-state index contributed by atoms with van der Waals surface area (Å²) >= 11 is 0. The summed E-state index contributed by atoms with van der Waals surface area (Å²) in [5, 5.41) is 92.1. The monoisotopic (exact) mass is 1280 g/mol.